The number of likely N-dealkylation sites (N-methyl/N-ethyl adjacent to an activating group) is 1. The number of nitrogens with one attached hydrogen (secondary N) is 3. The van der Waals surface area contributed by atoms with Crippen LogP contribution in [0.2, 0.25) is 0 Å². The average Bonchev–Trinajstić information content (AvgIpc) is 2.60. The van der Waals surface area contributed by atoms with Gasteiger partial charge in [-0.15, -0.1) is 0 Å². The van der Waals surface area contributed by atoms with Crippen molar-refractivity contribution in [2.45, 2.75) is 31.2 Å². The molecule has 1 aliphatic carbocycles. The molecule has 0 saturated heterocycles. The van der Waals surface area contributed by atoms with Crippen LogP contribution in [0.25, 0.3) is 0 Å². The summed E-state index contributed by atoms with van der Waals surface area (Å²) in [6, 6.07) is 15.2. The Kier molecular flexibility index (Phi) is 5.61. The summed E-state index contributed by atoms with van der Waals surface area (Å²) in [7, 11) is 1.62. The molecular weight excluding hydrogens is 394 g/mol. The first-order valence-corrected chi connectivity index (χ1v) is 9.45. The molecule has 3 N–H and O–H groups in total. The van der Waals surface area contributed by atoms with Gasteiger partial charge >= 0.3 is 6.03 Å². The Morgan fingerprint density at radius 3 is 2.23 bits per heavy atom. The Balaban J connectivity index is 1.62. The predicted molar refractivity (Wildman–Crippen MR) is 106 cm³/mol. The SMILES string of the molecule is CNC(=O)Cc1ccc(NC(=O)NC2(c3ccc(Br)cc3)CCC2)cc1. The molecule has 3 amide bonds. The molecular formula is C20H22BrN3O2. The number of hydrogen-bond donors (Lipinski definition) is 3. The second-order valence-electron chi connectivity index (χ2n) is 6.57. The summed E-state index contributed by atoms with van der Waals surface area (Å²) >= 11 is 3.45. The lowest BCUT2D eigenvalue weighted by atomic mass is 9.72. The van der Waals surface area contributed by atoms with Gasteiger partial charge in [-0.25, -0.2) is 4.79 Å². The van der Waals surface area contributed by atoms with E-state index in [4.69, 9.17) is 0 Å². The smallest absolute Gasteiger partial charge is 0.319 e. The van der Waals surface area contributed by atoms with Gasteiger partial charge < -0.3 is 16.0 Å². The van der Waals surface area contributed by atoms with Crippen molar-refractivity contribution in [3.8, 4) is 0 Å². The molecule has 0 bridgehead atoms. The van der Waals surface area contributed by atoms with E-state index in [9.17, 15) is 9.59 Å². The van der Waals surface area contributed by atoms with Gasteiger partial charge in [-0.1, -0.05) is 40.2 Å². The number of carbonyl (C=O) groups is 2. The van der Waals surface area contributed by atoms with Gasteiger partial charge in [0, 0.05) is 17.2 Å². The van der Waals surface area contributed by atoms with E-state index >= 15 is 0 Å². The lowest BCUT2D eigenvalue weighted by Gasteiger charge is -2.43. The summed E-state index contributed by atoms with van der Waals surface area (Å²) < 4.78 is 1.03. The lowest BCUT2D eigenvalue weighted by Crippen LogP contribution is -2.52. The van der Waals surface area contributed by atoms with Gasteiger partial charge in [-0.05, 0) is 54.7 Å². The number of benzene rings is 2. The molecule has 1 fully saturated rings. The molecule has 3 rings (SSSR count). The van der Waals surface area contributed by atoms with Crippen LogP contribution >= 0.6 is 15.9 Å². The molecule has 1 saturated carbocycles. The Bertz CT molecular complexity index is 784. The monoisotopic (exact) mass is 415 g/mol. The zero-order chi connectivity index (χ0) is 18.6. The van der Waals surface area contributed by atoms with Crippen molar-refractivity contribution in [2.24, 2.45) is 0 Å². The Labute approximate surface area is 161 Å². The molecule has 1 aliphatic rings. The maximum Gasteiger partial charge on any atom is 0.319 e. The van der Waals surface area contributed by atoms with E-state index in [0.717, 1.165) is 34.9 Å². The summed E-state index contributed by atoms with van der Waals surface area (Å²) in [5.74, 6) is -0.0372. The summed E-state index contributed by atoms with van der Waals surface area (Å²) in [6.07, 6.45) is 3.31. The maximum absolute atomic E-state index is 12.5. The fourth-order valence-electron chi connectivity index (χ4n) is 3.14. The molecule has 0 unspecified atom stereocenters. The number of urea groups is 1. The second kappa shape index (κ2) is 7.91. The van der Waals surface area contributed by atoms with E-state index in [-0.39, 0.29) is 17.5 Å². The van der Waals surface area contributed by atoms with Crippen LogP contribution in [0.1, 0.15) is 30.4 Å². The van der Waals surface area contributed by atoms with Crippen molar-refractivity contribution >= 4 is 33.6 Å². The van der Waals surface area contributed by atoms with E-state index in [1.54, 1.807) is 7.05 Å². The lowest BCUT2D eigenvalue weighted by molar-refractivity contribution is -0.119. The topological polar surface area (TPSA) is 70.2 Å². The molecule has 0 heterocycles. The van der Waals surface area contributed by atoms with Gasteiger partial charge in [0.2, 0.25) is 5.91 Å². The molecule has 0 spiro atoms. The zero-order valence-electron chi connectivity index (χ0n) is 14.6. The molecule has 2 aromatic rings. The minimum Gasteiger partial charge on any atom is -0.359 e. The molecule has 26 heavy (non-hydrogen) atoms. The largest absolute Gasteiger partial charge is 0.359 e. The van der Waals surface area contributed by atoms with E-state index in [1.165, 1.54) is 0 Å². The van der Waals surface area contributed by atoms with Crippen LogP contribution in [0.15, 0.2) is 53.0 Å². The van der Waals surface area contributed by atoms with Gasteiger partial charge in [0.05, 0.1) is 12.0 Å². The number of halogens is 1. The minimum absolute atomic E-state index is 0.0372. The maximum atomic E-state index is 12.5. The summed E-state index contributed by atoms with van der Waals surface area (Å²) in [5.41, 5.74) is 2.45. The van der Waals surface area contributed by atoms with Crippen molar-refractivity contribution in [3.05, 3.63) is 64.1 Å². The van der Waals surface area contributed by atoms with Crippen LogP contribution in [0.3, 0.4) is 0 Å². The molecule has 2 aromatic carbocycles. The third-order valence-corrected chi connectivity index (χ3v) is 5.34. The number of rotatable bonds is 5. The second-order valence-corrected chi connectivity index (χ2v) is 7.48. The zero-order valence-corrected chi connectivity index (χ0v) is 16.2. The molecule has 0 aromatic heterocycles. The predicted octanol–water partition coefficient (Wildman–Crippen LogP) is 3.94. The van der Waals surface area contributed by atoms with E-state index in [2.05, 4.69) is 44.0 Å². The number of hydrogen-bond acceptors (Lipinski definition) is 2. The Morgan fingerprint density at radius 2 is 1.69 bits per heavy atom. The van der Waals surface area contributed by atoms with Crippen molar-refractivity contribution in [1.82, 2.24) is 10.6 Å². The van der Waals surface area contributed by atoms with E-state index in [1.807, 2.05) is 36.4 Å². The standard InChI is InChI=1S/C20H22BrN3O2/c1-22-18(25)13-14-3-9-17(10-4-14)23-19(26)24-20(11-2-12-20)15-5-7-16(21)8-6-15/h3-10H,2,11-13H2,1H3,(H,22,25)(H2,23,24,26). The van der Waals surface area contributed by atoms with Crippen molar-refractivity contribution < 1.29 is 9.59 Å². The third kappa shape index (κ3) is 4.25. The first-order valence-electron chi connectivity index (χ1n) is 8.65. The van der Waals surface area contributed by atoms with Crippen LogP contribution in [0.4, 0.5) is 10.5 Å². The summed E-state index contributed by atoms with van der Waals surface area (Å²) in [5, 5.41) is 8.62. The first kappa shape index (κ1) is 18.5. The number of amides is 3. The normalized spacial score (nSPS) is 14.8. The van der Waals surface area contributed by atoms with E-state index in [0.29, 0.717) is 12.1 Å². The minimum atomic E-state index is -0.288. The number of carbonyl (C=O) groups excluding carboxylic acids is 2. The molecule has 0 radical (unpaired) electrons. The highest BCUT2D eigenvalue weighted by molar-refractivity contribution is 9.10. The van der Waals surface area contributed by atoms with Crippen molar-refractivity contribution in [1.29, 1.82) is 0 Å². The highest BCUT2D eigenvalue weighted by atomic mass is 79.9. The molecule has 136 valence electrons. The Hall–Kier alpha value is -2.34. The highest BCUT2D eigenvalue weighted by Crippen LogP contribution is 2.41. The van der Waals surface area contributed by atoms with Gasteiger partial charge in [0.15, 0.2) is 0 Å². The Morgan fingerprint density at radius 1 is 1.04 bits per heavy atom. The van der Waals surface area contributed by atoms with Crippen molar-refractivity contribution in [3.63, 3.8) is 0 Å². The highest BCUT2D eigenvalue weighted by Gasteiger charge is 2.40. The van der Waals surface area contributed by atoms with Crippen LogP contribution in [0, 0.1) is 0 Å². The molecule has 0 atom stereocenters. The first-order chi connectivity index (χ1) is 12.5. The van der Waals surface area contributed by atoms with Crippen LogP contribution < -0.4 is 16.0 Å². The van der Waals surface area contributed by atoms with Gasteiger partial charge in [-0.2, -0.15) is 0 Å². The number of anilines is 1. The molecule has 5 nitrogen and oxygen atoms in total. The fourth-order valence-corrected chi connectivity index (χ4v) is 3.41. The van der Waals surface area contributed by atoms with Gasteiger partial charge in [0.1, 0.15) is 0 Å². The van der Waals surface area contributed by atoms with Crippen molar-refractivity contribution in [2.75, 3.05) is 12.4 Å². The molecule has 0 aliphatic heterocycles. The van der Waals surface area contributed by atoms with Gasteiger partial charge in [0.25, 0.3) is 0 Å². The van der Waals surface area contributed by atoms with E-state index < -0.39 is 0 Å². The molecule has 6 heteroatoms. The fraction of sp³-hybridized carbons (Fsp3) is 0.300. The third-order valence-electron chi connectivity index (χ3n) is 4.81. The average molecular weight is 416 g/mol. The van der Waals surface area contributed by atoms with Crippen LogP contribution in [0.5, 0.6) is 0 Å². The van der Waals surface area contributed by atoms with Crippen LogP contribution in [-0.2, 0) is 16.8 Å². The van der Waals surface area contributed by atoms with Gasteiger partial charge in [-0.3, -0.25) is 4.79 Å². The van der Waals surface area contributed by atoms with Crippen LogP contribution in [-0.4, -0.2) is 19.0 Å². The summed E-state index contributed by atoms with van der Waals surface area (Å²) in [6.45, 7) is 0. The summed E-state index contributed by atoms with van der Waals surface area (Å²) in [4.78, 5) is 23.9. The quantitative estimate of drug-likeness (QED) is 0.691.